The zero-order valence-corrected chi connectivity index (χ0v) is 18.9. The number of halogens is 1. The van der Waals surface area contributed by atoms with E-state index in [1.165, 1.54) is 17.0 Å². The van der Waals surface area contributed by atoms with Gasteiger partial charge in [0.15, 0.2) is 0 Å². The molecular weight excluding hydrogens is 431 g/mol. The molecule has 0 saturated carbocycles. The Hall–Kier alpha value is -4.00. The lowest BCUT2D eigenvalue weighted by Crippen LogP contribution is -2.48. The number of hydrogen-bond donors (Lipinski definition) is 0. The molecule has 0 bridgehead atoms. The van der Waals surface area contributed by atoms with E-state index in [1.54, 1.807) is 30.5 Å². The number of pyridine rings is 1. The van der Waals surface area contributed by atoms with Crippen molar-refractivity contribution in [3.8, 4) is 0 Å². The van der Waals surface area contributed by atoms with Crippen LogP contribution in [0.3, 0.4) is 0 Å². The molecule has 0 atom stereocenters. The third kappa shape index (κ3) is 3.94. The van der Waals surface area contributed by atoms with Gasteiger partial charge < -0.3 is 9.80 Å². The van der Waals surface area contributed by atoms with Gasteiger partial charge in [0, 0.05) is 32.4 Å². The van der Waals surface area contributed by atoms with E-state index in [0.717, 1.165) is 17.8 Å². The van der Waals surface area contributed by atoms with E-state index in [0.29, 0.717) is 48.7 Å². The number of anilines is 2. The molecule has 0 N–H and O–H groups in total. The number of piperazine rings is 1. The van der Waals surface area contributed by atoms with Crippen LogP contribution in [0.15, 0.2) is 78.6 Å². The van der Waals surface area contributed by atoms with Crippen LogP contribution in [0, 0.1) is 5.82 Å². The Morgan fingerprint density at radius 1 is 0.824 bits per heavy atom. The highest BCUT2D eigenvalue weighted by molar-refractivity contribution is 6.45. The van der Waals surface area contributed by atoms with Crippen molar-refractivity contribution >= 4 is 28.9 Å². The summed E-state index contributed by atoms with van der Waals surface area (Å²) < 4.78 is 13.6. The lowest BCUT2D eigenvalue weighted by atomic mass is 10.0. The molecule has 2 aliphatic heterocycles. The number of imide groups is 1. The number of hydrogen-bond acceptors (Lipinski definition) is 5. The molecule has 1 aromatic heterocycles. The van der Waals surface area contributed by atoms with Crippen molar-refractivity contribution in [3.05, 3.63) is 95.6 Å². The lowest BCUT2D eigenvalue weighted by Gasteiger charge is -2.37. The minimum atomic E-state index is -0.390. The zero-order valence-electron chi connectivity index (χ0n) is 18.9. The summed E-state index contributed by atoms with van der Waals surface area (Å²) in [5.41, 5.74) is 2.89. The van der Waals surface area contributed by atoms with Crippen molar-refractivity contribution in [3.63, 3.8) is 0 Å². The highest BCUT2D eigenvalue weighted by Gasteiger charge is 2.43. The SMILES string of the molecule is CCc1ccc(N2C(=O)C(c3ccc(F)cc3)=C(N3CCN(c4ccccn4)CC3)C2=O)cc1. The van der Waals surface area contributed by atoms with Crippen molar-refractivity contribution in [2.45, 2.75) is 13.3 Å². The average molecular weight is 457 g/mol. The number of rotatable bonds is 5. The largest absolute Gasteiger partial charge is 0.363 e. The van der Waals surface area contributed by atoms with E-state index >= 15 is 0 Å². The van der Waals surface area contributed by atoms with Crippen LogP contribution in [0.5, 0.6) is 0 Å². The van der Waals surface area contributed by atoms with Gasteiger partial charge in [-0.15, -0.1) is 0 Å². The molecule has 1 fully saturated rings. The van der Waals surface area contributed by atoms with Gasteiger partial charge in [0.05, 0.1) is 11.3 Å². The highest BCUT2D eigenvalue weighted by Crippen LogP contribution is 2.35. The molecule has 7 heteroatoms. The first-order valence-corrected chi connectivity index (χ1v) is 11.5. The van der Waals surface area contributed by atoms with Crippen LogP contribution in [0.1, 0.15) is 18.1 Å². The van der Waals surface area contributed by atoms with Crippen LogP contribution in [-0.2, 0) is 16.0 Å². The monoisotopic (exact) mass is 456 g/mol. The Morgan fingerprint density at radius 2 is 1.50 bits per heavy atom. The number of nitrogens with zero attached hydrogens (tertiary/aromatic N) is 4. The predicted molar refractivity (Wildman–Crippen MR) is 130 cm³/mol. The number of carbonyl (C=O) groups excluding carboxylic acids is 2. The molecule has 2 aliphatic rings. The molecule has 34 heavy (non-hydrogen) atoms. The standard InChI is InChI=1S/C27H25FN4O2/c1-2-19-6-12-22(13-7-19)32-26(33)24(20-8-10-21(28)11-9-20)25(27(32)34)31-17-15-30(16-18-31)23-5-3-4-14-29-23/h3-14H,2,15-18H2,1H3. The molecule has 3 heterocycles. The fourth-order valence-corrected chi connectivity index (χ4v) is 4.50. The van der Waals surface area contributed by atoms with Crippen LogP contribution in [0.25, 0.3) is 5.57 Å². The summed E-state index contributed by atoms with van der Waals surface area (Å²) >= 11 is 0. The van der Waals surface area contributed by atoms with Crippen LogP contribution in [0.2, 0.25) is 0 Å². The Balaban J connectivity index is 1.49. The van der Waals surface area contributed by atoms with Gasteiger partial charge in [0.2, 0.25) is 0 Å². The molecule has 3 aromatic rings. The van der Waals surface area contributed by atoms with Gasteiger partial charge in [0.25, 0.3) is 11.8 Å². The van der Waals surface area contributed by atoms with E-state index in [1.807, 2.05) is 35.2 Å². The van der Waals surface area contributed by atoms with Crippen LogP contribution in [-0.4, -0.2) is 47.9 Å². The average Bonchev–Trinajstić information content (AvgIpc) is 3.15. The molecule has 0 unspecified atom stereocenters. The Bertz CT molecular complexity index is 1230. The third-order valence-corrected chi connectivity index (χ3v) is 6.36. The van der Waals surface area contributed by atoms with E-state index in [2.05, 4.69) is 16.8 Å². The molecule has 6 nitrogen and oxygen atoms in total. The van der Waals surface area contributed by atoms with Crippen molar-refractivity contribution in [1.82, 2.24) is 9.88 Å². The molecule has 2 aromatic carbocycles. The first-order valence-electron chi connectivity index (χ1n) is 11.5. The van der Waals surface area contributed by atoms with Gasteiger partial charge in [-0.2, -0.15) is 0 Å². The fourth-order valence-electron chi connectivity index (χ4n) is 4.50. The number of carbonyl (C=O) groups is 2. The molecule has 0 radical (unpaired) electrons. The summed E-state index contributed by atoms with van der Waals surface area (Å²) in [5.74, 6) is -0.233. The molecule has 0 spiro atoms. The van der Waals surface area contributed by atoms with Gasteiger partial charge in [-0.05, 0) is 53.9 Å². The minimum absolute atomic E-state index is 0.316. The molecule has 2 amide bonds. The Kier molecular flexibility index (Phi) is 5.84. The molecule has 0 aliphatic carbocycles. The summed E-state index contributed by atoms with van der Waals surface area (Å²) in [6.07, 6.45) is 2.63. The smallest absolute Gasteiger partial charge is 0.282 e. The van der Waals surface area contributed by atoms with Gasteiger partial charge in [-0.3, -0.25) is 9.59 Å². The highest BCUT2D eigenvalue weighted by atomic mass is 19.1. The van der Waals surface area contributed by atoms with E-state index in [-0.39, 0.29) is 11.8 Å². The van der Waals surface area contributed by atoms with Gasteiger partial charge in [-0.1, -0.05) is 37.3 Å². The van der Waals surface area contributed by atoms with Gasteiger partial charge in [0.1, 0.15) is 17.3 Å². The third-order valence-electron chi connectivity index (χ3n) is 6.36. The summed E-state index contributed by atoms with van der Waals surface area (Å²) in [4.78, 5) is 37.1. The molecular formula is C27H25FN4O2. The van der Waals surface area contributed by atoms with Crippen LogP contribution < -0.4 is 9.80 Å². The fraction of sp³-hybridized carbons (Fsp3) is 0.222. The number of amides is 2. The van der Waals surface area contributed by atoms with Gasteiger partial charge in [-0.25, -0.2) is 14.3 Å². The Morgan fingerprint density at radius 3 is 2.12 bits per heavy atom. The lowest BCUT2D eigenvalue weighted by molar-refractivity contribution is -0.120. The van der Waals surface area contributed by atoms with E-state index in [9.17, 15) is 14.0 Å². The van der Waals surface area contributed by atoms with E-state index in [4.69, 9.17) is 0 Å². The summed E-state index contributed by atoms with van der Waals surface area (Å²) in [6.45, 7) is 4.53. The molecule has 1 saturated heterocycles. The maximum atomic E-state index is 13.7. The summed E-state index contributed by atoms with van der Waals surface area (Å²) in [7, 11) is 0. The maximum absolute atomic E-state index is 13.7. The molecule has 172 valence electrons. The van der Waals surface area contributed by atoms with Crippen molar-refractivity contribution in [1.29, 1.82) is 0 Å². The van der Waals surface area contributed by atoms with Crippen LogP contribution in [0.4, 0.5) is 15.9 Å². The number of aromatic nitrogens is 1. The summed E-state index contributed by atoms with van der Waals surface area (Å²) in [5, 5.41) is 0. The maximum Gasteiger partial charge on any atom is 0.282 e. The number of aryl methyl sites for hydroxylation is 1. The minimum Gasteiger partial charge on any atom is -0.363 e. The second-order valence-corrected chi connectivity index (χ2v) is 8.36. The second-order valence-electron chi connectivity index (χ2n) is 8.36. The van der Waals surface area contributed by atoms with E-state index < -0.39 is 5.82 Å². The van der Waals surface area contributed by atoms with Crippen LogP contribution >= 0.6 is 0 Å². The zero-order chi connectivity index (χ0) is 23.7. The molecule has 5 rings (SSSR count). The number of benzene rings is 2. The summed E-state index contributed by atoms with van der Waals surface area (Å²) in [6, 6.07) is 19.0. The predicted octanol–water partition coefficient (Wildman–Crippen LogP) is 3.89. The first kappa shape index (κ1) is 21.8. The van der Waals surface area contributed by atoms with Crippen molar-refractivity contribution in [2.24, 2.45) is 0 Å². The topological polar surface area (TPSA) is 56.8 Å². The van der Waals surface area contributed by atoms with Crippen molar-refractivity contribution in [2.75, 3.05) is 36.0 Å². The quantitative estimate of drug-likeness (QED) is 0.546. The normalized spacial score (nSPS) is 16.6. The van der Waals surface area contributed by atoms with Crippen molar-refractivity contribution < 1.29 is 14.0 Å². The first-order chi connectivity index (χ1) is 16.6. The Labute approximate surface area is 197 Å². The van der Waals surface area contributed by atoms with Gasteiger partial charge >= 0.3 is 0 Å². The second kappa shape index (κ2) is 9.09.